The highest BCUT2D eigenvalue weighted by Gasteiger charge is 2.21. The lowest BCUT2D eigenvalue weighted by Crippen LogP contribution is -2.51. The van der Waals surface area contributed by atoms with Gasteiger partial charge in [-0.15, -0.1) is 0 Å². The Kier molecular flexibility index (Phi) is 8.27. The second kappa shape index (κ2) is 11.3. The topological polar surface area (TPSA) is 78.4 Å². The predicted octanol–water partition coefficient (Wildman–Crippen LogP) is 3.52. The van der Waals surface area contributed by atoms with E-state index in [0.717, 1.165) is 49.7 Å². The van der Waals surface area contributed by atoms with Gasteiger partial charge in [-0.05, 0) is 56.5 Å². The molecule has 1 aliphatic rings. The molecule has 1 fully saturated rings. The molecule has 0 saturated carbocycles. The van der Waals surface area contributed by atoms with Crippen LogP contribution in [0.3, 0.4) is 0 Å². The monoisotopic (exact) mass is 426 g/mol. The van der Waals surface area contributed by atoms with Gasteiger partial charge >= 0.3 is 0 Å². The fraction of sp³-hybridized carbons (Fsp3) is 0.458. The molecular weight excluding hydrogens is 392 g/mol. The smallest absolute Gasteiger partial charge is 0.191 e. The SMILES string of the molecule is CCNC(=NCc1ccc(O)c(OCC)c1)NC1CCCN(c2cccc(OC)c2)C1. The standard InChI is InChI=1S/C24H34N4O3/c1-4-25-24(26-16-18-11-12-22(29)23(14-18)31-5-2)27-19-8-7-13-28(17-19)20-9-6-10-21(15-20)30-3/h6,9-12,14-15,19,29H,4-5,7-8,13,16-17H2,1-3H3,(H2,25,26,27). The predicted molar refractivity (Wildman–Crippen MR) is 125 cm³/mol. The molecule has 168 valence electrons. The summed E-state index contributed by atoms with van der Waals surface area (Å²) >= 11 is 0. The van der Waals surface area contributed by atoms with E-state index in [4.69, 9.17) is 14.5 Å². The molecule has 0 bridgehead atoms. The highest BCUT2D eigenvalue weighted by molar-refractivity contribution is 5.80. The lowest BCUT2D eigenvalue weighted by Gasteiger charge is -2.35. The lowest BCUT2D eigenvalue weighted by molar-refractivity contribution is 0.318. The number of anilines is 1. The molecule has 2 aromatic rings. The second-order valence-electron chi connectivity index (χ2n) is 7.56. The van der Waals surface area contributed by atoms with Gasteiger partial charge in [-0.2, -0.15) is 0 Å². The molecule has 1 unspecified atom stereocenters. The van der Waals surface area contributed by atoms with E-state index in [9.17, 15) is 5.11 Å². The number of guanidine groups is 1. The highest BCUT2D eigenvalue weighted by atomic mass is 16.5. The summed E-state index contributed by atoms with van der Waals surface area (Å²) in [7, 11) is 1.70. The van der Waals surface area contributed by atoms with Crippen LogP contribution in [0.2, 0.25) is 0 Å². The van der Waals surface area contributed by atoms with Gasteiger partial charge in [0.2, 0.25) is 0 Å². The average molecular weight is 427 g/mol. The number of hydrogen-bond donors (Lipinski definition) is 3. The maximum atomic E-state index is 9.90. The van der Waals surface area contributed by atoms with E-state index in [-0.39, 0.29) is 5.75 Å². The first-order valence-electron chi connectivity index (χ1n) is 11.0. The third-order valence-electron chi connectivity index (χ3n) is 5.27. The molecule has 1 saturated heterocycles. The van der Waals surface area contributed by atoms with Crippen molar-refractivity contribution in [3.05, 3.63) is 48.0 Å². The van der Waals surface area contributed by atoms with Gasteiger partial charge in [0.05, 0.1) is 20.3 Å². The minimum Gasteiger partial charge on any atom is -0.504 e. The molecule has 1 aliphatic heterocycles. The highest BCUT2D eigenvalue weighted by Crippen LogP contribution is 2.27. The summed E-state index contributed by atoms with van der Waals surface area (Å²) in [5.41, 5.74) is 2.17. The summed E-state index contributed by atoms with van der Waals surface area (Å²) in [4.78, 5) is 7.14. The number of nitrogens with one attached hydrogen (secondary N) is 2. The molecule has 0 spiro atoms. The van der Waals surface area contributed by atoms with Crippen molar-refractivity contribution in [2.75, 3.05) is 38.3 Å². The number of ether oxygens (including phenoxy) is 2. The first-order chi connectivity index (χ1) is 15.1. The first kappa shape index (κ1) is 22.6. The van der Waals surface area contributed by atoms with Gasteiger partial charge in [-0.1, -0.05) is 12.1 Å². The zero-order chi connectivity index (χ0) is 22.1. The van der Waals surface area contributed by atoms with E-state index in [2.05, 4.69) is 34.6 Å². The Hall–Kier alpha value is -3.09. The van der Waals surface area contributed by atoms with Crippen molar-refractivity contribution >= 4 is 11.6 Å². The fourth-order valence-corrected chi connectivity index (χ4v) is 3.75. The molecule has 31 heavy (non-hydrogen) atoms. The van der Waals surface area contributed by atoms with Crippen LogP contribution in [-0.2, 0) is 6.54 Å². The number of phenols is 1. The summed E-state index contributed by atoms with van der Waals surface area (Å²) in [6.45, 7) is 7.71. The van der Waals surface area contributed by atoms with E-state index in [1.165, 1.54) is 5.69 Å². The van der Waals surface area contributed by atoms with Crippen molar-refractivity contribution in [2.24, 2.45) is 4.99 Å². The van der Waals surface area contributed by atoms with Crippen LogP contribution in [0.5, 0.6) is 17.2 Å². The second-order valence-corrected chi connectivity index (χ2v) is 7.56. The van der Waals surface area contributed by atoms with Crippen molar-refractivity contribution < 1.29 is 14.6 Å². The van der Waals surface area contributed by atoms with Crippen LogP contribution in [-0.4, -0.2) is 50.5 Å². The van der Waals surface area contributed by atoms with E-state index >= 15 is 0 Å². The number of nitrogens with zero attached hydrogens (tertiary/aromatic N) is 2. The van der Waals surface area contributed by atoms with Crippen LogP contribution < -0.4 is 25.0 Å². The van der Waals surface area contributed by atoms with Gasteiger partial charge in [0.15, 0.2) is 17.5 Å². The van der Waals surface area contributed by atoms with Crippen molar-refractivity contribution in [1.29, 1.82) is 0 Å². The van der Waals surface area contributed by atoms with Crippen molar-refractivity contribution in [1.82, 2.24) is 10.6 Å². The Morgan fingerprint density at radius 3 is 2.87 bits per heavy atom. The summed E-state index contributed by atoms with van der Waals surface area (Å²) in [5, 5.41) is 16.8. The number of phenolic OH excluding ortho intramolecular Hbond substituents is 1. The molecule has 7 heteroatoms. The zero-order valence-corrected chi connectivity index (χ0v) is 18.7. The van der Waals surface area contributed by atoms with E-state index in [1.807, 2.05) is 31.2 Å². The average Bonchev–Trinajstić information content (AvgIpc) is 2.80. The van der Waals surface area contributed by atoms with Gasteiger partial charge in [-0.3, -0.25) is 0 Å². The quantitative estimate of drug-likeness (QED) is 0.443. The van der Waals surface area contributed by atoms with Gasteiger partial charge in [0, 0.05) is 37.4 Å². The molecular formula is C24H34N4O3. The molecule has 3 N–H and O–H groups in total. The van der Waals surface area contributed by atoms with E-state index < -0.39 is 0 Å². The molecule has 0 radical (unpaired) electrons. The van der Waals surface area contributed by atoms with Crippen molar-refractivity contribution in [3.63, 3.8) is 0 Å². The van der Waals surface area contributed by atoms with Crippen LogP contribution in [0.25, 0.3) is 0 Å². The van der Waals surface area contributed by atoms with Crippen LogP contribution >= 0.6 is 0 Å². The molecule has 7 nitrogen and oxygen atoms in total. The Balaban J connectivity index is 1.65. The third kappa shape index (κ3) is 6.44. The van der Waals surface area contributed by atoms with Crippen LogP contribution in [0.4, 0.5) is 5.69 Å². The molecule has 0 amide bonds. The molecule has 3 rings (SSSR count). The summed E-state index contributed by atoms with van der Waals surface area (Å²) < 4.78 is 10.9. The van der Waals surface area contributed by atoms with Gasteiger partial charge in [0.1, 0.15) is 5.75 Å². The molecule has 1 heterocycles. The van der Waals surface area contributed by atoms with Crippen molar-refractivity contribution in [3.8, 4) is 17.2 Å². The number of aliphatic imine (C=N–C) groups is 1. The zero-order valence-electron chi connectivity index (χ0n) is 18.7. The molecule has 0 aliphatic carbocycles. The Morgan fingerprint density at radius 1 is 1.23 bits per heavy atom. The number of benzene rings is 2. The van der Waals surface area contributed by atoms with E-state index in [0.29, 0.717) is 24.9 Å². The minimum atomic E-state index is 0.152. The van der Waals surface area contributed by atoms with Crippen LogP contribution in [0.15, 0.2) is 47.5 Å². The summed E-state index contributed by atoms with van der Waals surface area (Å²) in [6, 6.07) is 13.9. The van der Waals surface area contributed by atoms with Gasteiger partial charge in [-0.25, -0.2) is 4.99 Å². The summed E-state index contributed by atoms with van der Waals surface area (Å²) in [5.74, 6) is 2.32. The van der Waals surface area contributed by atoms with Crippen LogP contribution in [0, 0.1) is 0 Å². The molecule has 1 atom stereocenters. The fourth-order valence-electron chi connectivity index (χ4n) is 3.75. The number of aromatic hydroxyl groups is 1. The first-order valence-corrected chi connectivity index (χ1v) is 11.0. The number of methoxy groups -OCH3 is 1. The van der Waals surface area contributed by atoms with Crippen LogP contribution in [0.1, 0.15) is 32.3 Å². The molecule has 0 aromatic heterocycles. The normalized spacial score (nSPS) is 16.7. The Morgan fingerprint density at radius 2 is 2.10 bits per heavy atom. The third-order valence-corrected chi connectivity index (χ3v) is 5.27. The molecule has 2 aromatic carbocycles. The number of piperidine rings is 1. The number of rotatable bonds is 8. The maximum absolute atomic E-state index is 9.90. The van der Waals surface area contributed by atoms with Gasteiger partial charge in [0.25, 0.3) is 0 Å². The Bertz CT molecular complexity index is 872. The van der Waals surface area contributed by atoms with Gasteiger partial charge < -0.3 is 30.1 Å². The lowest BCUT2D eigenvalue weighted by atomic mass is 10.0. The summed E-state index contributed by atoms with van der Waals surface area (Å²) in [6.07, 6.45) is 2.21. The minimum absolute atomic E-state index is 0.152. The largest absolute Gasteiger partial charge is 0.504 e. The number of hydrogen-bond acceptors (Lipinski definition) is 5. The van der Waals surface area contributed by atoms with E-state index in [1.54, 1.807) is 13.2 Å². The van der Waals surface area contributed by atoms with Crippen molar-refractivity contribution in [2.45, 2.75) is 39.3 Å². The Labute approximate surface area is 185 Å². The maximum Gasteiger partial charge on any atom is 0.191 e.